The van der Waals surface area contributed by atoms with Gasteiger partial charge in [0.25, 0.3) is 0 Å². The van der Waals surface area contributed by atoms with E-state index in [-0.39, 0.29) is 12.5 Å². The Balaban J connectivity index is 2.55. The third kappa shape index (κ3) is 3.66. The summed E-state index contributed by atoms with van der Waals surface area (Å²) in [6.45, 7) is 4.12. The molecule has 1 aromatic carbocycles. The van der Waals surface area contributed by atoms with Crippen molar-refractivity contribution < 1.29 is 9.90 Å². The summed E-state index contributed by atoms with van der Waals surface area (Å²) < 4.78 is 0. The number of rotatable bonds is 5. The Labute approximate surface area is 96.3 Å². The molecule has 1 atom stereocenters. The second-order valence-corrected chi connectivity index (χ2v) is 4.24. The predicted octanol–water partition coefficient (Wildman–Crippen LogP) is 2.56. The van der Waals surface area contributed by atoms with Crippen LogP contribution >= 0.6 is 0 Å². The molecule has 3 nitrogen and oxygen atoms in total. The molecule has 88 valence electrons. The van der Waals surface area contributed by atoms with Crippen molar-refractivity contribution in [1.82, 2.24) is 0 Å². The van der Waals surface area contributed by atoms with Gasteiger partial charge in [-0.3, -0.25) is 4.79 Å². The van der Waals surface area contributed by atoms with Gasteiger partial charge in [0.05, 0.1) is 0 Å². The first-order valence-corrected chi connectivity index (χ1v) is 5.55. The standard InChI is InChI=1S/C13H19NO2/c1-9-6-7-11(8-10(9)2)12(14)4-3-5-13(15)16/h6-8,12H,3-5,14H2,1-2H3,(H,15,16). The normalized spacial score (nSPS) is 12.4. The number of carboxylic acids is 1. The van der Waals surface area contributed by atoms with Gasteiger partial charge in [-0.15, -0.1) is 0 Å². The number of carbonyl (C=O) groups is 1. The lowest BCUT2D eigenvalue weighted by atomic mass is 9.98. The zero-order chi connectivity index (χ0) is 12.1. The zero-order valence-electron chi connectivity index (χ0n) is 9.86. The number of nitrogens with two attached hydrogens (primary N) is 1. The minimum Gasteiger partial charge on any atom is -0.481 e. The van der Waals surface area contributed by atoms with Crippen molar-refractivity contribution in [3.63, 3.8) is 0 Å². The molecule has 0 aliphatic rings. The summed E-state index contributed by atoms with van der Waals surface area (Å²) in [5.41, 5.74) is 9.58. The van der Waals surface area contributed by atoms with Gasteiger partial charge in [-0.1, -0.05) is 18.2 Å². The van der Waals surface area contributed by atoms with E-state index in [2.05, 4.69) is 26.0 Å². The molecule has 0 saturated carbocycles. The first-order chi connectivity index (χ1) is 7.50. The van der Waals surface area contributed by atoms with Gasteiger partial charge in [0.1, 0.15) is 0 Å². The fraction of sp³-hybridized carbons (Fsp3) is 0.462. The molecule has 1 rings (SSSR count). The van der Waals surface area contributed by atoms with Crippen molar-refractivity contribution in [2.45, 2.75) is 39.2 Å². The first-order valence-electron chi connectivity index (χ1n) is 5.55. The van der Waals surface area contributed by atoms with E-state index in [0.717, 1.165) is 12.0 Å². The molecule has 0 aliphatic heterocycles. The third-order valence-corrected chi connectivity index (χ3v) is 2.86. The van der Waals surface area contributed by atoms with Crippen LogP contribution in [0.5, 0.6) is 0 Å². The largest absolute Gasteiger partial charge is 0.481 e. The Kier molecular flexibility index (Phi) is 4.50. The summed E-state index contributed by atoms with van der Waals surface area (Å²) in [5, 5.41) is 8.54. The molecule has 0 heterocycles. The third-order valence-electron chi connectivity index (χ3n) is 2.86. The highest BCUT2D eigenvalue weighted by molar-refractivity contribution is 5.66. The van der Waals surface area contributed by atoms with E-state index in [1.54, 1.807) is 0 Å². The van der Waals surface area contributed by atoms with Crippen molar-refractivity contribution in [3.05, 3.63) is 34.9 Å². The van der Waals surface area contributed by atoms with Gasteiger partial charge in [-0.25, -0.2) is 0 Å². The maximum Gasteiger partial charge on any atom is 0.303 e. The van der Waals surface area contributed by atoms with Crippen LogP contribution in [0.15, 0.2) is 18.2 Å². The van der Waals surface area contributed by atoms with Crippen molar-refractivity contribution in [1.29, 1.82) is 0 Å². The maximum atomic E-state index is 10.4. The monoisotopic (exact) mass is 221 g/mol. The Hall–Kier alpha value is -1.35. The molecule has 0 saturated heterocycles. The molecular formula is C13H19NO2. The second kappa shape index (κ2) is 5.66. The molecule has 0 amide bonds. The Morgan fingerprint density at radius 3 is 2.62 bits per heavy atom. The SMILES string of the molecule is Cc1ccc(C(N)CCCC(=O)O)cc1C. The molecule has 0 aromatic heterocycles. The molecule has 0 aliphatic carbocycles. The van der Waals surface area contributed by atoms with Crippen LogP contribution in [0.25, 0.3) is 0 Å². The Morgan fingerprint density at radius 2 is 2.06 bits per heavy atom. The number of hydrogen-bond donors (Lipinski definition) is 2. The topological polar surface area (TPSA) is 63.3 Å². The molecule has 0 fully saturated rings. The van der Waals surface area contributed by atoms with Crippen LogP contribution in [-0.2, 0) is 4.79 Å². The lowest BCUT2D eigenvalue weighted by Crippen LogP contribution is -2.11. The zero-order valence-corrected chi connectivity index (χ0v) is 9.86. The average Bonchev–Trinajstić information content (AvgIpc) is 2.21. The number of aliphatic carboxylic acids is 1. The van der Waals surface area contributed by atoms with Crippen molar-refractivity contribution in [3.8, 4) is 0 Å². The smallest absolute Gasteiger partial charge is 0.303 e. The minimum absolute atomic E-state index is 0.0568. The number of aryl methyl sites for hydroxylation is 2. The average molecular weight is 221 g/mol. The van der Waals surface area contributed by atoms with Crippen LogP contribution in [-0.4, -0.2) is 11.1 Å². The van der Waals surface area contributed by atoms with E-state index < -0.39 is 5.97 Å². The molecular weight excluding hydrogens is 202 g/mol. The number of benzene rings is 1. The molecule has 3 heteroatoms. The summed E-state index contributed by atoms with van der Waals surface area (Å²) >= 11 is 0. The fourth-order valence-corrected chi connectivity index (χ4v) is 1.64. The van der Waals surface area contributed by atoms with Crippen molar-refractivity contribution in [2.75, 3.05) is 0 Å². The summed E-state index contributed by atoms with van der Waals surface area (Å²) in [7, 11) is 0. The van der Waals surface area contributed by atoms with Gasteiger partial charge in [0, 0.05) is 12.5 Å². The molecule has 0 bridgehead atoms. The Morgan fingerprint density at radius 1 is 1.38 bits per heavy atom. The van der Waals surface area contributed by atoms with Gasteiger partial charge < -0.3 is 10.8 Å². The highest BCUT2D eigenvalue weighted by Crippen LogP contribution is 2.19. The quantitative estimate of drug-likeness (QED) is 0.803. The van der Waals surface area contributed by atoms with Gasteiger partial charge in [-0.2, -0.15) is 0 Å². The summed E-state index contributed by atoms with van der Waals surface area (Å²) in [6.07, 6.45) is 1.54. The second-order valence-electron chi connectivity index (χ2n) is 4.24. The van der Waals surface area contributed by atoms with E-state index in [4.69, 9.17) is 10.8 Å². The van der Waals surface area contributed by atoms with Gasteiger partial charge in [0.2, 0.25) is 0 Å². The maximum absolute atomic E-state index is 10.4. The molecule has 3 N–H and O–H groups in total. The van der Waals surface area contributed by atoms with Gasteiger partial charge >= 0.3 is 5.97 Å². The van der Waals surface area contributed by atoms with E-state index in [9.17, 15) is 4.79 Å². The lowest BCUT2D eigenvalue weighted by Gasteiger charge is -2.13. The van der Waals surface area contributed by atoms with E-state index in [1.807, 2.05) is 6.07 Å². The highest BCUT2D eigenvalue weighted by atomic mass is 16.4. The summed E-state index contributed by atoms with van der Waals surface area (Å²) in [4.78, 5) is 10.4. The summed E-state index contributed by atoms with van der Waals surface area (Å²) in [6, 6.07) is 6.11. The van der Waals surface area contributed by atoms with E-state index >= 15 is 0 Å². The highest BCUT2D eigenvalue weighted by Gasteiger charge is 2.07. The summed E-state index contributed by atoms with van der Waals surface area (Å²) in [5.74, 6) is -0.757. The van der Waals surface area contributed by atoms with Gasteiger partial charge in [-0.05, 0) is 43.4 Å². The van der Waals surface area contributed by atoms with Gasteiger partial charge in [0.15, 0.2) is 0 Å². The van der Waals surface area contributed by atoms with Crippen LogP contribution in [0.2, 0.25) is 0 Å². The molecule has 1 aromatic rings. The number of hydrogen-bond acceptors (Lipinski definition) is 2. The predicted molar refractivity (Wildman–Crippen MR) is 64.3 cm³/mol. The van der Waals surface area contributed by atoms with Crippen molar-refractivity contribution in [2.24, 2.45) is 5.73 Å². The van der Waals surface area contributed by atoms with Crippen LogP contribution in [0.4, 0.5) is 0 Å². The van der Waals surface area contributed by atoms with E-state index in [0.29, 0.717) is 6.42 Å². The molecule has 0 spiro atoms. The van der Waals surface area contributed by atoms with Crippen molar-refractivity contribution >= 4 is 5.97 Å². The molecule has 16 heavy (non-hydrogen) atoms. The molecule has 1 unspecified atom stereocenters. The lowest BCUT2D eigenvalue weighted by molar-refractivity contribution is -0.137. The fourth-order valence-electron chi connectivity index (χ4n) is 1.64. The van der Waals surface area contributed by atoms with Crippen LogP contribution in [0, 0.1) is 13.8 Å². The van der Waals surface area contributed by atoms with Crippen LogP contribution in [0.1, 0.15) is 42.0 Å². The first kappa shape index (κ1) is 12.7. The van der Waals surface area contributed by atoms with Crippen LogP contribution < -0.4 is 5.73 Å². The minimum atomic E-state index is -0.757. The Bertz CT molecular complexity index is 374. The van der Waals surface area contributed by atoms with E-state index in [1.165, 1.54) is 11.1 Å². The molecule has 0 radical (unpaired) electrons. The number of carboxylic acid groups (broad SMARTS) is 1. The van der Waals surface area contributed by atoms with Crippen LogP contribution in [0.3, 0.4) is 0 Å².